The number of halogens is 3. The lowest BCUT2D eigenvalue weighted by molar-refractivity contribution is -0.137. The highest BCUT2D eigenvalue weighted by atomic mass is 19.4. The maximum atomic E-state index is 12.5. The van der Waals surface area contributed by atoms with Crippen molar-refractivity contribution in [2.24, 2.45) is 0 Å². The Hall–Kier alpha value is -1.72. The van der Waals surface area contributed by atoms with Crippen LogP contribution < -0.4 is 4.74 Å². The van der Waals surface area contributed by atoms with Crippen LogP contribution in [0, 0.1) is 0 Å². The first-order valence-corrected chi connectivity index (χ1v) is 4.82. The number of ether oxygens (including phenoxy) is 2. The molecule has 0 aliphatic carbocycles. The third kappa shape index (κ3) is 3.37. The zero-order valence-corrected chi connectivity index (χ0v) is 9.30. The number of alkyl halides is 3. The lowest BCUT2D eigenvalue weighted by atomic mass is 10.1. The van der Waals surface area contributed by atoms with Crippen LogP contribution in [0.4, 0.5) is 13.2 Å². The molecule has 0 fully saturated rings. The molecule has 17 heavy (non-hydrogen) atoms. The number of carbonyl (C=O) groups excluding carboxylic acids is 1. The van der Waals surface area contributed by atoms with Gasteiger partial charge in [-0.05, 0) is 25.1 Å². The Bertz CT molecular complexity index is 413. The first kappa shape index (κ1) is 13.3. The molecule has 0 heterocycles. The summed E-state index contributed by atoms with van der Waals surface area (Å²) >= 11 is 0. The van der Waals surface area contributed by atoms with Gasteiger partial charge in [-0.15, -0.1) is 0 Å². The van der Waals surface area contributed by atoms with Gasteiger partial charge in [0.15, 0.2) is 0 Å². The fourth-order valence-corrected chi connectivity index (χ4v) is 1.21. The normalized spacial score (nSPS) is 11.1. The molecule has 3 nitrogen and oxygen atoms in total. The zero-order chi connectivity index (χ0) is 13.1. The van der Waals surface area contributed by atoms with E-state index in [4.69, 9.17) is 4.74 Å². The van der Waals surface area contributed by atoms with Crippen LogP contribution in [0.15, 0.2) is 18.2 Å². The molecule has 1 rings (SSSR count). The monoisotopic (exact) mass is 248 g/mol. The Labute approximate surface area is 96.1 Å². The molecule has 0 amide bonds. The van der Waals surface area contributed by atoms with Crippen LogP contribution in [-0.4, -0.2) is 19.7 Å². The molecule has 0 bridgehead atoms. The van der Waals surface area contributed by atoms with Gasteiger partial charge in [0.1, 0.15) is 5.75 Å². The Morgan fingerprint density at radius 2 is 1.94 bits per heavy atom. The van der Waals surface area contributed by atoms with Crippen molar-refractivity contribution in [3.05, 3.63) is 29.3 Å². The molecule has 0 aliphatic rings. The predicted molar refractivity (Wildman–Crippen MR) is 54.0 cm³/mol. The number of rotatable bonds is 3. The van der Waals surface area contributed by atoms with Crippen LogP contribution in [0.1, 0.15) is 22.8 Å². The fraction of sp³-hybridized carbons (Fsp3) is 0.364. The first-order valence-electron chi connectivity index (χ1n) is 4.82. The van der Waals surface area contributed by atoms with Gasteiger partial charge in [0.2, 0.25) is 0 Å². The second kappa shape index (κ2) is 5.07. The molecule has 0 spiro atoms. The Kier molecular flexibility index (Phi) is 3.98. The molecule has 1 aromatic carbocycles. The Balaban J connectivity index is 3.19. The van der Waals surface area contributed by atoms with Gasteiger partial charge in [-0.3, -0.25) is 0 Å². The van der Waals surface area contributed by atoms with E-state index >= 15 is 0 Å². The SMILES string of the molecule is CCOC(=O)c1cc(OC)cc(C(F)(F)F)c1. The molecule has 0 aliphatic heterocycles. The number of esters is 1. The van der Waals surface area contributed by atoms with E-state index in [2.05, 4.69) is 4.74 Å². The minimum Gasteiger partial charge on any atom is -0.497 e. The van der Waals surface area contributed by atoms with Crippen LogP contribution in [-0.2, 0) is 10.9 Å². The Morgan fingerprint density at radius 3 is 2.41 bits per heavy atom. The maximum absolute atomic E-state index is 12.5. The minimum atomic E-state index is -4.53. The second-order valence-corrected chi connectivity index (χ2v) is 3.17. The van der Waals surface area contributed by atoms with Gasteiger partial charge in [-0.1, -0.05) is 0 Å². The number of hydrogen-bond acceptors (Lipinski definition) is 3. The highest BCUT2D eigenvalue weighted by Crippen LogP contribution is 2.32. The molecule has 0 atom stereocenters. The van der Waals surface area contributed by atoms with Crippen LogP contribution in [0.25, 0.3) is 0 Å². The summed E-state index contributed by atoms with van der Waals surface area (Å²) in [6.45, 7) is 1.67. The highest BCUT2D eigenvalue weighted by molar-refractivity contribution is 5.90. The molecule has 6 heteroatoms. The lowest BCUT2D eigenvalue weighted by Crippen LogP contribution is -2.10. The van der Waals surface area contributed by atoms with Crippen LogP contribution >= 0.6 is 0 Å². The maximum Gasteiger partial charge on any atom is 0.416 e. The summed E-state index contributed by atoms with van der Waals surface area (Å²) in [6, 6.07) is 2.76. The van der Waals surface area contributed by atoms with Crippen molar-refractivity contribution in [2.75, 3.05) is 13.7 Å². The minimum absolute atomic E-state index is 0.0390. The average molecular weight is 248 g/mol. The van der Waals surface area contributed by atoms with E-state index in [1.807, 2.05) is 0 Å². The second-order valence-electron chi connectivity index (χ2n) is 3.17. The molecular weight excluding hydrogens is 237 g/mol. The number of benzene rings is 1. The zero-order valence-electron chi connectivity index (χ0n) is 9.30. The fourth-order valence-electron chi connectivity index (χ4n) is 1.21. The van der Waals surface area contributed by atoms with E-state index in [1.165, 1.54) is 13.2 Å². The average Bonchev–Trinajstić information content (AvgIpc) is 2.27. The summed E-state index contributed by atoms with van der Waals surface area (Å²) in [6.07, 6.45) is -4.53. The predicted octanol–water partition coefficient (Wildman–Crippen LogP) is 2.89. The molecule has 0 saturated heterocycles. The smallest absolute Gasteiger partial charge is 0.416 e. The summed E-state index contributed by atoms with van der Waals surface area (Å²) < 4.78 is 46.9. The van der Waals surface area contributed by atoms with Crippen molar-refractivity contribution in [1.82, 2.24) is 0 Å². The third-order valence-corrected chi connectivity index (χ3v) is 1.98. The van der Waals surface area contributed by atoms with Gasteiger partial charge in [-0.25, -0.2) is 4.79 Å². The van der Waals surface area contributed by atoms with Crippen molar-refractivity contribution in [2.45, 2.75) is 13.1 Å². The van der Waals surface area contributed by atoms with E-state index in [0.29, 0.717) is 0 Å². The molecule has 0 unspecified atom stereocenters. The summed E-state index contributed by atoms with van der Waals surface area (Å²) in [4.78, 5) is 11.3. The van der Waals surface area contributed by atoms with Crippen molar-refractivity contribution >= 4 is 5.97 Å². The quantitative estimate of drug-likeness (QED) is 0.771. The number of hydrogen-bond donors (Lipinski definition) is 0. The first-order chi connectivity index (χ1) is 7.88. The van der Waals surface area contributed by atoms with Gasteiger partial charge in [0, 0.05) is 0 Å². The molecule has 0 aromatic heterocycles. The summed E-state index contributed by atoms with van der Waals surface area (Å²) in [7, 11) is 1.23. The van der Waals surface area contributed by atoms with Crippen LogP contribution in [0.3, 0.4) is 0 Å². The molecule has 0 radical (unpaired) electrons. The molecular formula is C11H11F3O3. The Morgan fingerprint density at radius 1 is 1.29 bits per heavy atom. The standard InChI is InChI=1S/C11H11F3O3/c1-3-17-10(15)7-4-8(11(12,13)14)6-9(5-7)16-2/h4-6H,3H2,1-2H3. The van der Waals surface area contributed by atoms with E-state index in [-0.39, 0.29) is 17.9 Å². The van der Waals surface area contributed by atoms with E-state index < -0.39 is 17.7 Å². The molecule has 0 N–H and O–H groups in total. The van der Waals surface area contributed by atoms with E-state index in [9.17, 15) is 18.0 Å². The van der Waals surface area contributed by atoms with Crippen molar-refractivity contribution in [3.8, 4) is 5.75 Å². The number of methoxy groups -OCH3 is 1. The van der Waals surface area contributed by atoms with Crippen molar-refractivity contribution in [3.63, 3.8) is 0 Å². The van der Waals surface area contributed by atoms with Gasteiger partial charge in [-0.2, -0.15) is 13.2 Å². The molecule has 94 valence electrons. The van der Waals surface area contributed by atoms with Gasteiger partial charge >= 0.3 is 12.1 Å². The number of carbonyl (C=O) groups is 1. The highest BCUT2D eigenvalue weighted by Gasteiger charge is 2.32. The van der Waals surface area contributed by atoms with E-state index in [1.54, 1.807) is 6.92 Å². The summed E-state index contributed by atoms with van der Waals surface area (Å²) in [5, 5.41) is 0. The van der Waals surface area contributed by atoms with Gasteiger partial charge < -0.3 is 9.47 Å². The van der Waals surface area contributed by atoms with Crippen LogP contribution in [0.5, 0.6) is 5.75 Å². The van der Waals surface area contributed by atoms with Gasteiger partial charge in [0.05, 0.1) is 24.8 Å². The van der Waals surface area contributed by atoms with Crippen molar-refractivity contribution in [1.29, 1.82) is 0 Å². The van der Waals surface area contributed by atoms with E-state index in [0.717, 1.165) is 12.1 Å². The molecule has 1 aromatic rings. The largest absolute Gasteiger partial charge is 0.497 e. The molecule has 0 saturated carbocycles. The topological polar surface area (TPSA) is 35.5 Å². The van der Waals surface area contributed by atoms with Crippen molar-refractivity contribution < 1.29 is 27.4 Å². The lowest BCUT2D eigenvalue weighted by Gasteiger charge is -2.11. The van der Waals surface area contributed by atoms with Crippen LogP contribution in [0.2, 0.25) is 0 Å². The summed E-state index contributed by atoms with van der Waals surface area (Å²) in [5.41, 5.74) is -1.13. The summed E-state index contributed by atoms with van der Waals surface area (Å²) in [5.74, 6) is -0.847. The third-order valence-electron chi connectivity index (χ3n) is 1.98. The van der Waals surface area contributed by atoms with Gasteiger partial charge in [0.25, 0.3) is 0 Å².